The van der Waals surface area contributed by atoms with E-state index in [4.69, 9.17) is 4.98 Å². The summed E-state index contributed by atoms with van der Waals surface area (Å²) in [6.45, 7) is 7.09. The summed E-state index contributed by atoms with van der Waals surface area (Å²) >= 11 is 0. The van der Waals surface area contributed by atoms with E-state index in [0.717, 1.165) is 47.4 Å². The topological polar surface area (TPSA) is 117 Å². The molecule has 0 saturated carbocycles. The van der Waals surface area contributed by atoms with Crippen LogP contribution in [-0.2, 0) is 6.54 Å². The SMILES string of the molecule is C[C@H](O)Cn1c2cnccc2c2cnc(Nc3ccc(N4CCN[C@@H](C)C4)nn3)nc21. The molecule has 10 nitrogen and oxygen atoms in total. The zero-order chi connectivity index (χ0) is 21.4. The third-order valence-corrected chi connectivity index (χ3v) is 5.44. The van der Waals surface area contributed by atoms with Gasteiger partial charge in [-0.05, 0) is 32.0 Å². The lowest BCUT2D eigenvalue weighted by Gasteiger charge is -2.32. The maximum atomic E-state index is 9.97. The third kappa shape index (κ3) is 3.87. The molecule has 1 aliphatic heterocycles. The van der Waals surface area contributed by atoms with E-state index in [1.165, 1.54) is 0 Å². The first-order valence-corrected chi connectivity index (χ1v) is 10.4. The van der Waals surface area contributed by atoms with Crippen LogP contribution in [0, 0.1) is 0 Å². The number of rotatable bonds is 5. The summed E-state index contributed by atoms with van der Waals surface area (Å²) < 4.78 is 1.97. The van der Waals surface area contributed by atoms with E-state index in [2.05, 4.69) is 42.6 Å². The van der Waals surface area contributed by atoms with E-state index >= 15 is 0 Å². The van der Waals surface area contributed by atoms with Crippen molar-refractivity contribution in [1.82, 2.24) is 35.0 Å². The van der Waals surface area contributed by atoms with Crippen molar-refractivity contribution in [2.45, 2.75) is 32.5 Å². The highest BCUT2D eigenvalue weighted by Gasteiger charge is 2.18. The minimum absolute atomic E-state index is 0.416. The van der Waals surface area contributed by atoms with Crippen LogP contribution in [0.1, 0.15) is 13.8 Å². The summed E-state index contributed by atoms with van der Waals surface area (Å²) in [6.07, 6.45) is 4.80. The third-order valence-electron chi connectivity index (χ3n) is 5.44. The molecule has 4 aromatic rings. The van der Waals surface area contributed by atoms with Crippen molar-refractivity contribution in [1.29, 1.82) is 0 Å². The molecule has 0 amide bonds. The Hall–Kier alpha value is -3.37. The second-order valence-electron chi connectivity index (χ2n) is 7.99. The minimum atomic E-state index is -0.517. The predicted molar refractivity (Wildman–Crippen MR) is 120 cm³/mol. The summed E-state index contributed by atoms with van der Waals surface area (Å²) in [5, 5.41) is 27.1. The van der Waals surface area contributed by atoms with Gasteiger partial charge in [-0.15, -0.1) is 10.2 Å². The Bertz CT molecular complexity index is 1200. The zero-order valence-electron chi connectivity index (χ0n) is 17.5. The van der Waals surface area contributed by atoms with E-state index in [9.17, 15) is 5.11 Å². The Morgan fingerprint density at radius 2 is 2.13 bits per heavy atom. The van der Waals surface area contributed by atoms with Crippen LogP contribution in [0.2, 0.25) is 0 Å². The molecule has 5 heterocycles. The van der Waals surface area contributed by atoms with Gasteiger partial charge in [0.15, 0.2) is 11.6 Å². The van der Waals surface area contributed by atoms with Crippen LogP contribution in [0.5, 0.6) is 0 Å². The van der Waals surface area contributed by atoms with Crippen molar-refractivity contribution in [3.63, 3.8) is 0 Å². The van der Waals surface area contributed by atoms with Crippen LogP contribution < -0.4 is 15.5 Å². The lowest BCUT2D eigenvalue weighted by Crippen LogP contribution is -2.49. The molecule has 4 aromatic heterocycles. The minimum Gasteiger partial charge on any atom is -0.392 e. The second kappa shape index (κ2) is 8.05. The number of aliphatic hydroxyl groups is 1. The van der Waals surface area contributed by atoms with Crippen LogP contribution in [0.15, 0.2) is 36.8 Å². The van der Waals surface area contributed by atoms with Gasteiger partial charge in [0.05, 0.1) is 24.4 Å². The number of aliphatic hydroxyl groups excluding tert-OH is 1. The van der Waals surface area contributed by atoms with Crippen LogP contribution in [0.4, 0.5) is 17.6 Å². The summed E-state index contributed by atoms with van der Waals surface area (Å²) in [5.41, 5.74) is 1.65. The van der Waals surface area contributed by atoms with Gasteiger partial charge in [-0.25, -0.2) is 4.98 Å². The molecule has 31 heavy (non-hydrogen) atoms. The molecule has 10 heteroatoms. The Labute approximate surface area is 179 Å². The summed E-state index contributed by atoms with van der Waals surface area (Å²) in [6, 6.07) is 6.21. The van der Waals surface area contributed by atoms with Gasteiger partial charge in [0.1, 0.15) is 5.65 Å². The number of piperazine rings is 1. The molecule has 0 spiro atoms. The Morgan fingerprint density at radius 1 is 1.23 bits per heavy atom. The van der Waals surface area contributed by atoms with Crippen LogP contribution >= 0.6 is 0 Å². The fourth-order valence-corrected chi connectivity index (χ4v) is 4.04. The van der Waals surface area contributed by atoms with Gasteiger partial charge < -0.3 is 25.2 Å². The Balaban J connectivity index is 1.43. The fourth-order valence-electron chi connectivity index (χ4n) is 4.04. The Kier molecular flexibility index (Phi) is 5.08. The van der Waals surface area contributed by atoms with Gasteiger partial charge in [-0.2, -0.15) is 4.98 Å². The number of anilines is 3. The van der Waals surface area contributed by atoms with Gasteiger partial charge >= 0.3 is 0 Å². The molecule has 1 saturated heterocycles. The molecule has 5 rings (SSSR count). The van der Waals surface area contributed by atoms with E-state index in [-0.39, 0.29) is 0 Å². The number of hydrogen-bond donors (Lipinski definition) is 3. The molecule has 1 aliphatic rings. The molecule has 0 unspecified atom stereocenters. The number of nitrogens with one attached hydrogen (secondary N) is 2. The average molecular weight is 419 g/mol. The van der Waals surface area contributed by atoms with Gasteiger partial charge in [0.2, 0.25) is 5.95 Å². The monoisotopic (exact) mass is 419 g/mol. The quantitative estimate of drug-likeness (QED) is 0.444. The number of pyridine rings is 1. The highest BCUT2D eigenvalue weighted by atomic mass is 16.3. The van der Waals surface area contributed by atoms with Crippen molar-refractivity contribution >= 4 is 39.5 Å². The largest absolute Gasteiger partial charge is 0.392 e. The van der Waals surface area contributed by atoms with Crippen LogP contribution in [-0.4, -0.2) is 66.6 Å². The molecular formula is C21H25N9O. The summed E-state index contributed by atoms with van der Waals surface area (Å²) in [4.78, 5) is 15.6. The standard InChI is InChI=1S/C21H25N9O/c1-13-11-29(8-7-23-13)19-4-3-18(27-28-19)25-21-24-9-16-15-5-6-22-10-17(15)30(12-14(2)31)20(16)26-21/h3-6,9-10,13-14,23,31H,7-8,11-12H2,1-2H3,(H,24,25,26,27)/t13-,14-/m0/s1. The average Bonchev–Trinajstić information content (AvgIpc) is 3.07. The van der Waals surface area contributed by atoms with E-state index in [1.54, 1.807) is 25.5 Å². The van der Waals surface area contributed by atoms with Crippen molar-refractivity contribution in [2.24, 2.45) is 0 Å². The molecule has 0 radical (unpaired) electrons. The molecule has 1 fully saturated rings. The van der Waals surface area contributed by atoms with Crippen molar-refractivity contribution in [2.75, 3.05) is 29.9 Å². The van der Waals surface area contributed by atoms with Crippen molar-refractivity contribution in [3.05, 3.63) is 36.8 Å². The number of fused-ring (bicyclic) bond motifs is 3. The van der Waals surface area contributed by atoms with Gasteiger partial charge in [0.25, 0.3) is 0 Å². The first-order valence-electron chi connectivity index (χ1n) is 10.4. The maximum Gasteiger partial charge on any atom is 0.230 e. The van der Waals surface area contributed by atoms with Gasteiger partial charge in [-0.3, -0.25) is 4.98 Å². The first kappa shape index (κ1) is 19.6. The molecule has 160 valence electrons. The molecule has 0 bridgehead atoms. The predicted octanol–water partition coefficient (Wildman–Crippen LogP) is 1.69. The molecular weight excluding hydrogens is 394 g/mol. The van der Waals surface area contributed by atoms with Crippen LogP contribution in [0.25, 0.3) is 21.9 Å². The normalized spacial score (nSPS) is 17.9. The van der Waals surface area contributed by atoms with Crippen molar-refractivity contribution < 1.29 is 5.11 Å². The fraction of sp³-hybridized carbons (Fsp3) is 0.381. The molecule has 3 N–H and O–H groups in total. The number of nitrogens with zero attached hydrogens (tertiary/aromatic N) is 7. The first-order chi connectivity index (χ1) is 15.1. The molecule has 2 atom stereocenters. The highest BCUT2D eigenvalue weighted by Crippen LogP contribution is 2.28. The second-order valence-corrected chi connectivity index (χ2v) is 7.99. The number of hydrogen-bond acceptors (Lipinski definition) is 9. The van der Waals surface area contributed by atoms with E-state index in [0.29, 0.717) is 24.4 Å². The van der Waals surface area contributed by atoms with Crippen molar-refractivity contribution in [3.8, 4) is 0 Å². The van der Waals surface area contributed by atoms with Gasteiger partial charge in [-0.1, -0.05) is 0 Å². The van der Waals surface area contributed by atoms with E-state index in [1.807, 2.05) is 22.8 Å². The molecule has 0 aliphatic carbocycles. The smallest absolute Gasteiger partial charge is 0.230 e. The lowest BCUT2D eigenvalue weighted by atomic mass is 10.2. The van der Waals surface area contributed by atoms with Gasteiger partial charge in [0, 0.05) is 48.8 Å². The highest BCUT2D eigenvalue weighted by molar-refractivity contribution is 6.06. The van der Waals surface area contributed by atoms with E-state index < -0.39 is 6.10 Å². The summed E-state index contributed by atoms with van der Waals surface area (Å²) in [7, 11) is 0. The number of aromatic nitrogens is 6. The van der Waals surface area contributed by atoms with Crippen LogP contribution in [0.3, 0.4) is 0 Å². The maximum absolute atomic E-state index is 9.97. The Morgan fingerprint density at radius 3 is 2.90 bits per heavy atom. The zero-order valence-corrected chi connectivity index (χ0v) is 17.5. The lowest BCUT2D eigenvalue weighted by molar-refractivity contribution is 0.176. The molecule has 0 aromatic carbocycles. The summed E-state index contributed by atoms with van der Waals surface area (Å²) in [5.74, 6) is 1.86.